The minimum Gasteiger partial charge on any atom is -0.497 e. The Morgan fingerprint density at radius 3 is 1.52 bits per heavy atom. The van der Waals surface area contributed by atoms with E-state index in [1.807, 2.05) is 121 Å². The molecular formula is C47H39BrN6O5S2. The van der Waals surface area contributed by atoms with Crippen LogP contribution in [0.15, 0.2) is 150 Å². The fraction of sp³-hybridized carbons (Fsp3) is 0.106. The number of nitrogens with zero attached hydrogens (tertiary/aromatic N) is 4. The first-order valence-corrected chi connectivity index (χ1v) is 21.4. The maximum Gasteiger partial charge on any atom is 0.151 e. The average Bonchev–Trinajstić information content (AvgIpc) is 3.93. The number of methoxy groups -OCH3 is 3. The highest BCUT2D eigenvalue weighted by Crippen LogP contribution is 2.38. The summed E-state index contributed by atoms with van der Waals surface area (Å²) in [6, 6.07) is 43.5. The summed E-state index contributed by atoms with van der Waals surface area (Å²) in [6.07, 6.45) is 3.14. The first-order valence-electron chi connectivity index (χ1n) is 19.0. The van der Waals surface area contributed by atoms with E-state index in [1.165, 1.54) is 0 Å². The van der Waals surface area contributed by atoms with Crippen LogP contribution in [0, 0.1) is 0 Å². The highest BCUT2D eigenvalue weighted by Gasteiger charge is 2.13. The Morgan fingerprint density at radius 2 is 0.984 bits per heavy atom. The summed E-state index contributed by atoms with van der Waals surface area (Å²) in [5.74, 6) is 5.59. The molecule has 0 aliphatic rings. The normalized spacial score (nSPS) is 10.8. The van der Waals surface area contributed by atoms with Crippen LogP contribution in [0.4, 0.5) is 23.0 Å². The molecule has 0 unspecified atom stereocenters. The van der Waals surface area contributed by atoms with Gasteiger partial charge in [-0.2, -0.15) is 0 Å². The van der Waals surface area contributed by atoms with Crippen LogP contribution >= 0.6 is 38.6 Å². The molecular weight excluding hydrogens is 873 g/mol. The summed E-state index contributed by atoms with van der Waals surface area (Å²) in [7, 11) is 4.99. The number of ether oxygens (including phenoxy) is 5. The number of nitrogens with one attached hydrogen (secondary N) is 2. The third kappa shape index (κ3) is 10.5. The topological polar surface area (TPSA) is 122 Å². The molecule has 0 aliphatic carbocycles. The molecule has 0 bridgehead atoms. The predicted octanol–water partition coefficient (Wildman–Crippen LogP) is 12.5. The van der Waals surface area contributed by atoms with E-state index in [1.54, 1.807) is 56.7 Å². The van der Waals surface area contributed by atoms with Crippen molar-refractivity contribution in [2.45, 2.75) is 13.2 Å². The van der Waals surface area contributed by atoms with Crippen LogP contribution in [-0.2, 0) is 13.2 Å². The Labute approximate surface area is 369 Å². The summed E-state index contributed by atoms with van der Waals surface area (Å²) in [6.45, 7) is 0.961. The number of benzene rings is 5. The minimum absolute atomic E-state index is 0.472. The molecule has 0 amide bonds. The molecule has 9 rings (SSSR count). The van der Waals surface area contributed by atoms with Crippen molar-refractivity contribution in [2.75, 3.05) is 32.0 Å². The summed E-state index contributed by atoms with van der Waals surface area (Å²) in [5.41, 5.74) is 6.84. The number of thiophene rings is 2. The van der Waals surface area contributed by atoms with E-state index < -0.39 is 0 Å². The molecule has 14 heteroatoms. The van der Waals surface area contributed by atoms with Crippen molar-refractivity contribution in [3.05, 3.63) is 161 Å². The average molecular weight is 912 g/mol. The van der Waals surface area contributed by atoms with Gasteiger partial charge in [0.1, 0.15) is 54.6 Å². The molecule has 0 radical (unpaired) electrons. The molecule has 0 saturated heterocycles. The second-order valence-corrected chi connectivity index (χ2v) is 16.8. The summed E-state index contributed by atoms with van der Waals surface area (Å²) in [4.78, 5) is 18.7. The Bertz CT molecular complexity index is 2870. The SMILES string of the molecule is COc1ccc(COc2cccc(Nc3ncnc4cc(-c5cccc(OC)c5)sc34)c2)cc1.COc1ccc(COc2cccc(Nc3ncnc4cc(Br)sc34)c2)cc1. The van der Waals surface area contributed by atoms with E-state index in [-0.39, 0.29) is 0 Å². The van der Waals surface area contributed by atoms with Crippen molar-refractivity contribution in [3.8, 4) is 39.2 Å². The first-order chi connectivity index (χ1) is 29.9. The molecule has 11 nitrogen and oxygen atoms in total. The van der Waals surface area contributed by atoms with Crippen LogP contribution in [0.5, 0.6) is 28.7 Å². The zero-order valence-electron chi connectivity index (χ0n) is 33.3. The fourth-order valence-electron chi connectivity index (χ4n) is 6.15. The van der Waals surface area contributed by atoms with Gasteiger partial charge in [0.15, 0.2) is 11.6 Å². The van der Waals surface area contributed by atoms with Gasteiger partial charge in [-0.15, -0.1) is 22.7 Å². The summed E-state index contributed by atoms with van der Waals surface area (Å²) < 4.78 is 30.7. The molecule has 0 atom stereocenters. The van der Waals surface area contributed by atoms with Crippen LogP contribution in [0.2, 0.25) is 0 Å². The highest BCUT2D eigenvalue weighted by atomic mass is 79.9. The van der Waals surface area contributed by atoms with E-state index >= 15 is 0 Å². The number of aromatic nitrogens is 4. The van der Waals surface area contributed by atoms with Gasteiger partial charge in [0, 0.05) is 28.4 Å². The van der Waals surface area contributed by atoms with Gasteiger partial charge in [0.25, 0.3) is 0 Å². The Kier molecular flexibility index (Phi) is 13.1. The molecule has 306 valence electrons. The van der Waals surface area contributed by atoms with E-state index in [2.05, 4.69) is 58.6 Å². The lowest BCUT2D eigenvalue weighted by molar-refractivity contribution is 0.306. The molecule has 0 aliphatic heterocycles. The smallest absolute Gasteiger partial charge is 0.151 e. The third-order valence-corrected chi connectivity index (χ3v) is 12.1. The van der Waals surface area contributed by atoms with E-state index in [9.17, 15) is 0 Å². The molecule has 4 heterocycles. The van der Waals surface area contributed by atoms with Crippen LogP contribution in [0.1, 0.15) is 11.1 Å². The van der Waals surface area contributed by atoms with Crippen LogP contribution in [-0.4, -0.2) is 41.3 Å². The Hall–Kier alpha value is -6.74. The molecule has 0 spiro atoms. The van der Waals surface area contributed by atoms with Gasteiger partial charge in [-0.1, -0.05) is 48.5 Å². The van der Waals surface area contributed by atoms with Gasteiger partial charge < -0.3 is 34.3 Å². The van der Waals surface area contributed by atoms with Gasteiger partial charge in [0.05, 0.1) is 45.5 Å². The lowest BCUT2D eigenvalue weighted by Crippen LogP contribution is -1.97. The number of anilines is 4. The maximum absolute atomic E-state index is 5.99. The summed E-state index contributed by atoms with van der Waals surface area (Å²) in [5, 5.41) is 6.78. The van der Waals surface area contributed by atoms with Gasteiger partial charge in [-0.25, -0.2) is 19.9 Å². The first kappa shape index (κ1) is 41.0. The molecule has 9 aromatic rings. The zero-order valence-corrected chi connectivity index (χ0v) is 36.5. The minimum atomic E-state index is 0.472. The van der Waals surface area contributed by atoms with E-state index in [0.717, 1.165) is 97.5 Å². The number of hydrogen-bond acceptors (Lipinski definition) is 13. The van der Waals surface area contributed by atoms with E-state index in [0.29, 0.717) is 13.2 Å². The Morgan fingerprint density at radius 1 is 0.492 bits per heavy atom. The molecule has 0 fully saturated rings. The maximum atomic E-state index is 5.99. The number of rotatable bonds is 14. The van der Waals surface area contributed by atoms with Crippen molar-refractivity contribution in [1.82, 2.24) is 19.9 Å². The lowest BCUT2D eigenvalue weighted by Gasteiger charge is -2.10. The van der Waals surface area contributed by atoms with Crippen molar-refractivity contribution >= 4 is 82.0 Å². The van der Waals surface area contributed by atoms with Gasteiger partial charge in [-0.05, 0) is 105 Å². The van der Waals surface area contributed by atoms with Crippen molar-refractivity contribution in [2.24, 2.45) is 0 Å². The van der Waals surface area contributed by atoms with E-state index in [4.69, 9.17) is 23.7 Å². The van der Waals surface area contributed by atoms with Crippen molar-refractivity contribution in [3.63, 3.8) is 0 Å². The second-order valence-electron chi connectivity index (χ2n) is 13.3. The largest absolute Gasteiger partial charge is 0.497 e. The fourth-order valence-corrected chi connectivity index (χ4v) is 8.69. The standard InChI is InChI=1S/C27H23N3O3S.C20H16BrN3O2S/c1-31-21-11-9-18(10-12-21)16-33-23-8-4-6-20(14-23)30-27-26-24(28-17-29-27)15-25(34-26)19-5-3-7-22(13-19)32-2;1-25-15-7-5-13(6-8-15)11-26-16-4-2-3-14(9-16)24-20-19-17(22-12-23-20)10-18(21)27-19/h3-15,17H,16H2,1-2H3,(H,28,29,30);2-10,12H,11H2,1H3,(H,22,23,24). The quantitative estimate of drug-likeness (QED) is 0.108. The predicted molar refractivity (Wildman–Crippen MR) is 249 cm³/mol. The van der Waals surface area contributed by atoms with Crippen LogP contribution in [0.3, 0.4) is 0 Å². The van der Waals surface area contributed by atoms with Crippen molar-refractivity contribution in [1.29, 1.82) is 0 Å². The third-order valence-electron chi connectivity index (χ3n) is 9.27. The second kappa shape index (κ2) is 19.5. The molecule has 4 aromatic heterocycles. The monoisotopic (exact) mass is 910 g/mol. The van der Waals surface area contributed by atoms with Gasteiger partial charge >= 0.3 is 0 Å². The molecule has 61 heavy (non-hydrogen) atoms. The molecule has 5 aromatic carbocycles. The Balaban J connectivity index is 0.000000173. The van der Waals surface area contributed by atoms with Crippen LogP contribution < -0.4 is 34.3 Å². The number of halogens is 1. The van der Waals surface area contributed by atoms with Crippen molar-refractivity contribution < 1.29 is 23.7 Å². The van der Waals surface area contributed by atoms with Crippen LogP contribution in [0.25, 0.3) is 30.9 Å². The van der Waals surface area contributed by atoms with Gasteiger partial charge in [0.2, 0.25) is 0 Å². The molecule has 2 N–H and O–H groups in total. The number of hydrogen-bond donors (Lipinski definition) is 2. The molecule has 0 saturated carbocycles. The lowest BCUT2D eigenvalue weighted by atomic mass is 10.2. The summed E-state index contributed by atoms with van der Waals surface area (Å²) >= 11 is 6.75. The zero-order chi connectivity index (χ0) is 42.0. The van der Waals surface area contributed by atoms with Gasteiger partial charge in [-0.3, -0.25) is 0 Å². The highest BCUT2D eigenvalue weighted by molar-refractivity contribution is 9.11. The number of fused-ring (bicyclic) bond motifs is 2.